The summed E-state index contributed by atoms with van der Waals surface area (Å²) in [5.41, 5.74) is 4.36. The number of anilines is 3. The minimum Gasteiger partial charge on any atom is -0.497 e. The van der Waals surface area contributed by atoms with E-state index >= 15 is 0 Å². The van der Waals surface area contributed by atoms with Gasteiger partial charge in [0.2, 0.25) is 5.91 Å². The fourth-order valence-electron chi connectivity index (χ4n) is 3.22. The van der Waals surface area contributed by atoms with Crippen LogP contribution >= 0.6 is 0 Å². The molecule has 0 radical (unpaired) electrons. The molecule has 4 rings (SSSR count). The lowest BCUT2D eigenvalue weighted by Crippen LogP contribution is -2.07. The highest BCUT2D eigenvalue weighted by atomic mass is 16.5. The standard InChI is InChI=1S/C25H24N6O2/c1-17-16-18(2)31(30-17)24-14-13-23(28-29-24)26-20-7-9-21(10-8-20)27-25(32)15-6-19-4-11-22(33-3)12-5-19/h4-16H,1-3H3,(H,26,28)(H,27,32)/b15-6+. The van der Waals surface area contributed by atoms with Gasteiger partial charge in [-0.1, -0.05) is 12.1 Å². The van der Waals surface area contributed by atoms with Crippen molar-refractivity contribution in [1.29, 1.82) is 0 Å². The van der Waals surface area contributed by atoms with E-state index < -0.39 is 0 Å². The zero-order valence-electron chi connectivity index (χ0n) is 18.6. The molecule has 2 aromatic heterocycles. The first-order chi connectivity index (χ1) is 16.0. The molecule has 0 atom stereocenters. The molecule has 2 N–H and O–H groups in total. The van der Waals surface area contributed by atoms with Crippen molar-refractivity contribution in [3.05, 3.63) is 89.8 Å². The Balaban J connectivity index is 1.33. The molecule has 1 amide bonds. The molecule has 166 valence electrons. The Labute approximate surface area is 191 Å². The normalized spacial score (nSPS) is 10.9. The van der Waals surface area contributed by atoms with E-state index in [1.54, 1.807) is 17.9 Å². The second-order valence-electron chi connectivity index (χ2n) is 7.41. The molecule has 2 heterocycles. The molecular formula is C25H24N6O2. The van der Waals surface area contributed by atoms with Crippen LogP contribution in [0.15, 0.2) is 72.8 Å². The van der Waals surface area contributed by atoms with Crippen LogP contribution < -0.4 is 15.4 Å². The number of benzene rings is 2. The number of methoxy groups -OCH3 is 1. The van der Waals surface area contributed by atoms with Crippen molar-refractivity contribution < 1.29 is 9.53 Å². The van der Waals surface area contributed by atoms with Gasteiger partial charge >= 0.3 is 0 Å². The summed E-state index contributed by atoms with van der Waals surface area (Å²) in [5, 5.41) is 18.9. The second-order valence-corrected chi connectivity index (χ2v) is 7.41. The summed E-state index contributed by atoms with van der Waals surface area (Å²) in [4.78, 5) is 12.2. The van der Waals surface area contributed by atoms with Crippen LogP contribution in [0.1, 0.15) is 17.0 Å². The van der Waals surface area contributed by atoms with Crippen LogP contribution in [0.4, 0.5) is 17.2 Å². The predicted molar refractivity (Wildman–Crippen MR) is 129 cm³/mol. The van der Waals surface area contributed by atoms with Crippen LogP contribution in [-0.4, -0.2) is 33.0 Å². The van der Waals surface area contributed by atoms with Crippen molar-refractivity contribution >= 4 is 29.2 Å². The molecule has 4 aromatic rings. The van der Waals surface area contributed by atoms with Crippen LogP contribution in [0.3, 0.4) is 0 Å². The van der Waals surface area contributed by atoms with Crippen LogP contribution in [-0.2, 0) is 4.79 Å². The monoisotopic (exact) mass is 440 g/mol. The van der Waals surface area contributed by atoms with E-state index in [4.69, 9.17) is 4.74 Å². The number of hydrogen-bond donors (Lipinski definition) is 2. The van der Waals surface area contributed by atoms with Gasteiger partial charge in [-0.15, -0.1) is 10.2 Å². The van der Waals surface area contributed by atoms with Crippen molar-refractivity contribution in [2.24, 2.45) is 0 Å². The fraction of sp³-hybridized carbons (Fsp3) is 0.120. The zero-order valence-corrected chi connectivity index (χ0v) is 18.6. The van der Waals surface area contributed by atoms with Gasteiger partial charge in [0, 0.05) is 23.1 Å². The Hall–Kier alpha value is -4.46. The van der Waals surface area contributed by atoms with Gasteiger partial charge < -0.3 is 15.4 Å². The van der Waals surface area contributed by atoms with Crippen molar-refractivity contribution in [3.63, 3.8) is 0 Å². The fourth-order valence-corrected chi connectivity index (χ4v) is 3.22. The number of nitrogens with zero attached hydrogens (tertiary/aromatic N) is 4. The lowest BCUT2D eigenvalue weighted by Gasteiger charge is -2.08. The summed E-state index contributed by atoms with van der Waals surface area (Å²) < 4.78 is 6.89. The number of carbonyl (C=O) groups is 1. The molecule has 0 aliphatic heterocycles. The third kappa shape index (κ3) is 5.62. The van der Waals surface area contributed by atoms with Gasteiger partial charge in [0.05, 0.1) is 12.8 Å². The van der Waals surface area contributed by atoms with E-state index in [0.29, 0.717) is 17.3 Å². The molecule has 8 heteroatoms. The second kappa shape index (κ2) is 9.78. The third-order valence-electron chi connectivity index (χ3n) is 4.84. The molecule has 0 fully saturated rings. The van der Waals surface area contributed by atoms with Crippen LogP contribution in [0.25, 0.3) is 11.9 Å². The topological polar surface area (TPSA) is 94.0 Å². The summed E-state index contributed by atoms with van der Waals surface area (Å²) in [6.45, 7) is 3.92. The van der Waals surface area contributed by atoms with Crippen molar-refractivity contribution in [1.82, 2.24) is 20.0 Å². The lowest BCUT2D eigenvalue weighted by atomic mass is 10.2. The van der Waals surface area contributed by atoms with Gasteiger partial charge in [-0.3, -0.25) is 4.79 Å². The first-order valence-electron chi connectivity index (χ1n) is 10.4. The van der Waals surface area contributed by atoms with E-state index in [-0.39, 0.29) is 5.91 Å². The Kier molecular flexibility index (Phi) is 6.45. The Morgan fingerprint density at radius 3 is 2.27 bits per heavy atom. The number of nitrogens with one attached hydrogen (secondary N) is 2. The molecule has 0 spiro atoms. The Morgan fingerprint density at radius 1 is 0.939 bits per heavy atom. The van der Waals surface area contributed by atoms with E-state index in [9.17, 15) is 4.79 Å². The summed E-state index contributed by atoms with van der Waals surface area (Å²) in [7, 11) is 1.62. The zero-order chi connectivity index (χ0) is 23.2. The van der Waals surface area contributed by atoms with E-state index in [1.165, 1.54) is 6.08 Å². The van der Waals surface area contributed by atoms with Crippen molar-refractivity contribution in [3.8, 4) is 11.6 Å². The summed E-state index contributed by atoms with van der Waals surface area (Å²) >= 11 is 0. The maximum absolute atomic E-state index is 12.2. The molecule has 2 aromatic carbocycles. The number of carbonyl (C=O) groups excluding carboxylic acids is 1. The Morgan fingerprint density at radius 2 is 1.67 bits per heavy atom. The average Bonchev–Trinajstić information content (AvgIpc) is 3.17. The molecule has 0 aliphatic carbocycles. The SMILES string of the molecule is COc1ccc(/C=C/C(=O)Nc2ccc(Nc3ccc(-n4nc(C)cc4C)nn3)cc2)cc1. The van der Waals surface area contributed by atoms with Gasteiger partial charge in [0.15, 0.2) is 11.6 Å². The van der Waals surface area contributed by atoms with Crippen LogP contribution in [0, 0.1) is 13.8 Å². The van der Waals surface area contributed by atoms with Gasteiger partial charge in [-0.2, -0.15) is 5.10 Å². The minimum atomic E-state index is -0.211. The smallest absolute Gasteiger partial charge is 0.248 e. The maximum Gasteiger partial charge on any atom is 0.248 e. The number of ether oxygens (including phenoxy) is 1. The van der Waals surface area contributed by atoms with Crippen LogP contribution in [0.5, 0.6) is 5.75 Å². The van der Waals surface area contributed by atoms with Gasteiger partial charge in [-0.25, -0.2) is 4.68 Å². The number of rotatable bonds is 7. The average molecular weight is 441 g/mol. The highest BCUT2D eigenvalue weighted by Crippen LogP contribution is 2.18. The van der Waals surface area contributed by atoms with E-state index in [0.717, 1.165) is 28.4 Å². The minimum absolute atomic E-state index is 0.211. The van der Waals surface area contributed by atoms with E-state index in [1.807, 2.05) is 80.6 Å². The molecule has 0 unspecified atom stereocenters. The number of aromatic nitrogens is 4. The summed E-state index contributed by atoms with van der Waals surface area (Å²) in [6, 6.07) is 20.5. The quantitative estimate of drug-likeness (QED) is 0.405. The highest BCUT2D eigenvalue weighted by Gasteiger charge is 2.06. The molecule has 0 aliphatic rings. The van der Waals surface area contributed by atoms with Gasteiger partial charge in [0.1, 0.15) is 5.75 Å². The number of hydrogen-bond acceptors (Lipinski definition) is 6. The molecule has 33 heavy (non-hydrogen) atoms. The molecule has 0 saturated heterocycles. The first-order valence-corrected chi connectivity index (χ1v) is 10.4. The van der Waals surface area contributed by atoms with Crippen molar-refractivity contribution in [2.45, 2.75) is 13.8 Å². The lowest BCUT2D eigenvalue weighted by molar-refractivity contribution is -0.111. The summed E-state index contributed by atoms with van der Waals surface area (Å²) in [5.74, 6) is 1.83. The van der Waals surface area contributed by atoms with Gasteiger partial charge in [-0.05, 0) is 80.1 Å². The summed E-state index contributed by atoms with van der Waals surface area (Å²) in [6.07, 6.45) is 3.24. The van der Waals surface area contributed by atoms with Gasteiger partial charge in [0.25, 0.3) is 0 Å². The predicted octanol–water partition coefficient (Wildman–Crippen LogP) is 4.68. The molecular weight excluding hydrogens is 416 g/mol. The number of aryl methyl sites for hydroxylation is 2. The van der Waals surface area contributed by atoms with Crippen LogP contribution in [0.2, 0.25) is 0 Å². The maximum atomic E-state index is 12.2. The highest BCUT2D eigenvalue weighted by molar-refractivity contribution is 6.02. The van der Waals surface area contributed by atoms with E-state index in [2.05, 4.69) is 25.9 Å². The molecule has 0 saturated carbocycles. The Bertz CT molecular complexity index is 1260. The largest absolute Gasteiger partial charge is 0.497 e. The van der Waals surface area contributed by atoms with Crippen molar-refractivity contribution in [2.75, 3.05) is 17.7 Å². The number of amides is 1. The molecule has 0 bridgehead atoms. The first kappa shape index (κ1) is 21.8. The molecule has 8 nitrogen and oxygen atoms in total. The third-order valence-corrected chi connectivity index (χ3v) is 4.84.